The summed E-state index contributed by atoms with van der Waals surface area (Å²) in [4.78, 5) is 16.4. The highest BCUT2D eigenvalue weighted by molar-refractivity contribution is 5.69. The zero-order valence-corrected chi connectivity index (χ0v) is 11.6. The summed E-state index contributed by atoms with van der Waals surface area (Å²) in [5, 5.41) is 22.9. The largest absolute Gasteiger partial charge is 0.373 e. The molecular weight excluding hydrogens is 270 g/mol. The Kier molecular flexibility index (Phi) is 4.00. The summed E-state index contributed by atoms with van der Waals surface area (Å²) in [7, 11) is 3.35. The molecule has 1 aromatic heterocycles. The minimum Gasteiger partial charge on any atom is -0.373 e. The van der Waals surface area contributed by atoms with E-state index in [1.165, 1.54) is 12.1 Å². The van der Waals surface area contributed by atoms with Crippen molar-refractivity contribution in [3.8, 4) is 6.07 Å². The molecule has 1 N–H and O–H groups in total. The average Bonchev–Trinajstić information content (AvgIpc) is 2.53. The molecule has 7 nitrogen and oxygen atoms in total. The molecule has 0 saturated carbocycles. The first-order valence-corrected chi connectivity index (χ1v) is 6.14. The van der Waals surface area contributed by atoms with Gasteiger partial charge in [-0.3, -0.25) is 10.1 Å². The van der Waals surface area contributed by atoms with Crippen molar-refractivity contribution >= 4 is 23.0 Å². The molecule has 0 bridgehead atoms. The van der Waals surface area contributed by atoms with E-state index >= 15 is 0 Å². The van der Waals surface area contributed by atoms with Crippen molar-refractivity contribution in [3.05, 3.63) is 52.1 Å². The summed E-state index contributed by atoms with van der Waals surface area (Å²) in [6, 6.07) is 11.8. The Bertz CT molecular complexity index is 724. The zero-order chi connectivity index (χ0) is 15.4. The number of para-hydroxylation sites is 1. The van der Waals surface area contributed by atoms with Crippen LogP contribution in [0.2, 0.25) is 0 Å². The molecule has 0 unspecified atom stereocenters. The lowest BCUT2D eigenvalue weighted by atomic mass is 10.2. The van der Waals surface area contributed by atoms with Gasteiger partial charge in [0.15, 0.2) is 0 Å². The van der Waals surface area contributed by atoms with Crippen LogP contribution in [0.5, 0.6) is 0 Å². The number of pyridine rings is 1. The molecule has 0 saturated heterocycles. The SMILES string of the molecule is CNc1cc([N+](=O)[O-])cc(N(C)c2ccccc2C#N)n1. The van der Waals surface area contributed by atoms with Gasteiger partial charge in [0, 0.05) is 14.1 Å². The quantitative estimate of drug-likeness (QED) is 0.684. The molecule has 0 atom stereocenters. The van der Waals surface area contributed by atoms with E-state index in [1.807, 2.05) is 0 Å². The summed E-state index contributed by atoms with van der Waals surface area (Å²) in [5.41, 5.74) is 1.04. The summed E-state index contributed by atoms with van der Waals surface area (Å²) >= 11 is 0. The minimum absolute atomic E-state index is 0.0642. The fourth-order valence-electron chi connectivity index (χ4n) is 1.89. The minimum atomic E-state index is -0.476. The van der Waals surface area contributed by atoms with Crippen molar-refractivity contribution in [2.24, 2.45) is 0 Å². The lowest BCUT2D eigenvalue weighted by Crippen LogP contribution is -2.13. The molecule has 0 aliphatic carbocycles. The van der Waals surface area contributed by atoms with Crippen LogP contribution in [-0.2, 0) is 0 Å². The van der Waals surface area contributed by atoms with Gasteiger partial charge < -0.3 is 10.2 Å². The number of aromatic nitrogens is 1. The van der Waals surface area contributed by atoms with Gasteiger partial charge in [0.05, 0.1) is 28.3 Å². The highest BCUT2D eigenvalue weighted by atomic mass is 16.6. The third-order valence-corrected chi connectivity index (χ3v) is 2.99. The molecular formula is C14H13N5O2. The molecule has 1 aromatic carbocycles. The van der Waals surface area contributed by atoms with Gasteiger partial charge >= 0.3 is 0 Å². The molecule has 21 heavy (non-hydrogen) atoms. The Balaban J connectivity index is 2.53. The van der Waals surface area contributed by atoms with Gasteiger partial charge in [-0.2, -0.15) is 5.26 Å². The number of hydrogen-bond acceptors (Lipinski definition) is 6. The fraction of sp³-hybridized carbons (Fsp3) is 0.143. The Labute approximate surface area is 121 Å². The molecule has 0 radical (unpaired) electrons. The van der Waals surface area contributed by atoms with Crippen LogP contribution in [0, 0.1) is 21.4 Å². The maximum atomic E-state index is 11.0. The van der Waals surface area contributed by atoms with Gasteiger partial charge in [-0.05, 0) is 12.1 Å². The molecule has 106 valence electrons. The van der Waals surface area contributed by atoms with Crippen molar-refractivity contribution in [2.75, 3.05) is 24.3 Å². The van der Waals surface area contributed by atoms with E-state index in [2.05, 4.69) is 16.4 Å². The lowest BCUT2D eigenvalue weighted by Gasteiger charge is -2.19. The van der Waals surface area contributed by atoms with E-state index in [0.29, 0.717) is 22.9 Å². The first-order valence-electron chi connectivity index (χ1n) is 6.14. The smallest absolute Gasteiger partial charge is 0.276 e. The monoisotopic (exact) mass is 283 g/mol. The Morgan fingerprint density at radius 1 is 1.38 bits per heavy atom. The van der Waals surface area contributed by atoms with Crippen LogP contribution in [0.15, 0.2) is 36.4 Å². The van der Waals surface area contributed by atoms with Crippen molar-refractivity contribution in [2.45, 2.75) is 0 Å². The number of rotatable bonds is 4. The predicted octanol–water partition coefficient (Wildman–Crippen LogP) is 2.67. The highest BCUT2D eigenvalue weighted by Gasteiger charge is 2.16. The molecule has 7 heteroatoms. The first kappa shape index (κ1) is 14.3. The topological polar surface area (TPSA) is 95.1 Å². The first-order chi connectivity index (χ1) is 10.1. The summed E-state index contributed by atoms with van der Waals surface area (Å²) in [6.07, 6.45) is 0. The third-order valence-electron chi connectivity index (χ3n) is 2.99. The lowest BCUT2D eigenvalue weighted by molar-refractivity contribution is -0.384. The summed E-state index contributed by atoms with van der Waals surface area (Å²) in [5.74, 6) is 0.775. The van der Waals surface area contributed by atoms with Crippen molar-refractivity contribution in [3.63, 3.8) is 0 Å². The second-order valence-electron chi connectivity index (χ2n) is 4.26. The van der Waals surface area contributed by atoms with E-state index in [1.54, 1.807) is 43.3 Å². The van der Waals surface area contributed by atoms with Crippen LogP contribution in [0.1, 0.15) is 5.56 Å². The number of anilines is 3. The van der Waals surface area contributed by atoms with Gasteiger partial charge in [-0.15, -0.1) is 0 Å². The molecule has 0 aliphatic rings. The van der Waals surface area contributed by atoms with Crippen LogP contribution < -0.4 is 10.2 Å². The number of nitrogens with zero attached hydrogens (tertiary/aromatic N) is 4. The van der Waals surface area contributed by atoms with Crippen LogP contribution >= 0.6 is 0 Å². The number of nitriles is 1. The molecule has 0 amide bonds. The number of hydrogen-bond donors (Lipinski definition) is 1. The Morgan fingerprint density at radius 2 is 2.10 bits per heavy atom. The standard InChI is InChI=1S/C14H13N5O2/c1-16-13-7-11(19(20)21)8-14(17-13)18(2)12-6-4-3-5-10(12)9-15/h3-8H,1-2H3,(H,16,17). The van der Waals surface area contributed by atoms with E-state index < -0.39 is 4.92 Å². The number of nitro groups is 1. The van der Waals surface area contributed by atoms with E-state index in [9.17, 15) is 10.1 Å². The third kappa shape index (κ3) is 2.90. The zero-order valence-electron chi connectivity index (χ0n) is 11.6. The number of benzene rings is 1. The maximum absolute atomic E-state index is 11.0. The van der Waals surface area contributed by atoms with Crippen molar-refractivity contribution in [1.82, 2.24) is 4.98 Å². The van der Waals surface area contributed by atoms with Gasteiger partial charge in [-0.1, -0.05) is 12.1 Å². The van der Waals surface area contributed by atoms with Crippen molar-refractivity contribution < 1.29 is 4.92 Å². The van der Waals surface area contributed by atoms with E-state index in [-0.39, 0.29) is 5.69 Å². The maximum Gasteiger partial charge on any atom is 0.276 e. The summed E-state index contributed by atoms with van der Waals surface area (Å²) < 4.78 is 0. The highest BCUT2D eigenvalue weighted by Crippen LogP contribution is 2.29. The summed E-state index contributed by atoms with van der Waals surface area (Å²) in [6.45, 7) is 0. The second-order valence-corrected chi connectivity index (χ2v) is 4.26. The molecule has 1 heterocycles. The van der Waals surface area contributed by atoms with Gasteiger partial charge in [0.2, 0.25) is 0 Å². The Hall–Kier alpha value is -3.14. The van der Waals surface area contributed by atoms with Gasteiger partial charge in [-0.25, -0.2) is 4.98 Å². The van der Waals surface area contributed by atoms with Crippen LogP contribution in [0.25, 0.3) is 0 Å². The molecule has 0 fully saturated rings. The second kappa shape index (κ2) is 5.88. The van der Waals surface area contributed by atoms with Crippen molar-refractivity contribution in [1.29, 1.82) is 5.26 Å². The van der Waals surface area contributed by atoms with E-state index in [4.69, 9.17) is 5.26 Å². The average molecular weight is 283 g/mol. The van der Waals surface area contributed by atoms with Gasteiger partial charge in [0.25, 0.3) is 5.69 Å². The molecule has 2 rings (SSSR count). The fourth-order valence-corrected chi connectivity index (χ4v) is 1.89. The van der Waals surface area contributed by atoms with E-state index in [0.717, 1.165) is 0 Å². The van der Waals surface area contributed by atoms with Crippen LogP contribution in [0.3, 0.4) is 0 Å². The van der Waals surface area contributed by atoms with Gasteiger partial charge in [0.1, 0.15) is 17.7 Å². The molecule has 0 spiro atoms. The normalized spacial score (nSPS) is 9.76. The van der Waals surface area contributed by atoms with Crippen LogP contribution in [0.4, 0.5) is 23.0 Å². The Morgan fingerprint density at radius 3 is 2.71 bits per heavy atom. The van der Waals surface area contributed by atoms with Crippen LogP contribution in [-0.4, -0.2) is 24.0 Å². The molecule has 0 aliphatic heterocycles. The predicted molar refractivity (Wildman–Crippen MR) is 79.7 cm³/mol. The molecule has 2 aromatic rings. The number of nitrogens with one attached hydrogen (secondary N) is 1.